The lowest BCUT2D eigenvalue weighted by molar-refractivity contribution is -0.121. The summed E-state index contributed by atoms with van der Waals surface area (Å²) in [6.07, 6.45) is 4.14. The summed E-state index contributed by atoms with van der Waals surface area (Å²) in [5, 5.41) is 16.4. The van der Waals surface area contributed by atoms with Crippen LogP contribution in [0.5, 0.6) is 0 Å². The summed E-state index contributed by atoms with van der Waals surface area (Å²) in [7, 11) is 1.89. The number of rotatable bonds is 7. The van der Waals surface area contributed by atoms with E-state index in [1.165, 1.54) is 0 Å². The lowest BCUT2D eigenvalue weighted by Crippen LogP contribution is -2.32. The molecule has 0 spiro atoms. The van der Waals surface area contributed by atoms with Crippen molar-refractivity contribution in [3.05, 3.63) is 17.5 Å². The third kappa shape index (κ3) is 4.49. The van der Waals surface area contributed by atoms with E-state index in [9.17, 15) is 9.90 Å². The van der Waals surface area contributed by atoms with E-state index >= 15 is 0 Å². The number of carbonyl (C=O) groups excluding carboxylic acids is 1. The third-order valence-corrected chi connectivity index (χ3v) is 3.12. The molecule has 5 nitrogen and oxygen atoms in total. The summed E-state index contributed by atoms with van der Waals surface area (Å²) in [5.74, 6) is -0.0200. The zero-order valence-corrected chi connectivity index (χ0v) is 11.4. The molecule has 1 heterocycles. The number of nitrogens with zero attached hydrogens (tertiary/aromatic N) is 2. The maximum Gasteiger partial charge on any atom is 0.220 e. The summed E-state index contributed by atoms with van der Waals surface area (Å²) in [4.78, 5) is 11.6. The number of aromatic nitrogens is 2. The van der Waals surface area contributed by atoms with Crippen molar-refractivity contribution in [1.29, 1.82) is 0 Å². The number of aliphatic hydroxyl groups is 1. The van der Waals surface area contributed by atoms with Crippen LogP contribution in [-0.4, -0.2) is 33.4 Å². The van der Waals surface area contributed by atoms with Gasteiger partial charge in [-0.3, -0.25) is 9.48 Å². The molecular formula is C13H23N3O2. The highest BCUT2D eigenvalue weighted by Gasteiger charge is 2.08. The van der Waals surface area contributed by atoms with Gasteiger partial charge in [-0.1, -0.05) is 13.3 Å². The summed E-state index contributed by atoms with van der Waals surface area (Å²) in [6.45, 7) is 4.35. The van der Waals surface area contributed by atoms with E-state index in [4.69, 9.17) is 0 Å². The van der Waals surface area contributed by atoms with Gasteiger partial charge in [0, 0.05) is 25.7 Å². The normalized spacial score (nSPS) is 12.4. The maximum atomic E-state index is 11.6. The van der Waals surface area contributed by atoms with Crippen LogP contribution in [-0.2, 0) is 18.3 Å². The topological polar surface area (TPSA) is 67.2 Å². The molecule has 0 saturated carbocycles. The van der Waals surface area contributed by atoms with Crippen LogP contribution < -0.4 is 5.32 Å². The molecule has 0 aliphatic heterocycles. The maximum absolute atomic E-state index is 11.6. The molecule has 1 aromatic heterocycles. The van der Waals surface area contributed by atoms with Crippen molar-refractivity contribution in [2.45, 2.75) is 45.6 Å². The van der Waals surface area contributed by atoms with Crippen LogP contribution in [0.2, 0.25) is 0 Å². The van der Waals surface area contributed by atoms with Gasteiger partial charge in [0.2, 0.25) is 5.91 Å². The molecule has 1 atom stereocenters. The first-order chi connectivity index (χ1) is 8.54. The first-order valence-corrected chi connectivity index (χ1v) is 6.46. The zero-order chi connectivity index (χ0) is 13.5. The van der Waals surface area contributed by atoms with Gasteiger partial charge in [-0.15, -0.1) is 0 Å². The van der Waals surface area contributed by atoms with Crippen LogP contribution in [0, 0.1) is 6.92 Å². The minimum Gasteiger partial charge on any atom is -0.391 e. The molecule has 0 fully saturated rings. The Morgan fingerprint density at radius 3 is 2.89 bits per heavy atom. The van der Waals surface area contributed by atoms with Gasteiger partial charge >= 0.3 is 0 Å². The molecule has 1 rings (SSSR count). The fourth-order valence-electron chi connectivity index (χ4n) is 1.79. The Morgan fingerprint density at radius 2 is 2.33 bits per heavy atom. The first-order valence-electron chi connectivity index (χ1n) is 6.46. The minimum absolute atomic E-state index is 0.0200. The molecule has 102 valence electrons. The van der Waals surface area contributed by atoms with Crippen molar-refractivity contribution in [2.24, 2.45) is 7.05 Å². The summed E-state index contributed by atoms with van der Waals surface area (Å²) in [5.41, 5.74) is 2.19. The van der Waals surface area contributed by atoms with Crippen LogP contribution in [0.1, 0.15) is 37.4 Å². The highest BCUT2D eigenvalue weighted by Crippen LogP contribution is 2.08. The molecule has 2 N–H and O–H groups in total. The Balaban J connectivity index is 2.27. The average Bonchev–Trinajstić information content (AvgIpc) is 2.65. The van der Waals surface area contributed by atoms with E-state index in [1.807, 2.05) is 20.9 Å². The second-order valence-electron chi connectivity index (χ2n) is 4.63. The minimum atomic E-state index is -0.431. The number of hydrogen-bond acceptors (Lipinski definition) is 3. The quantitative estimate of drug-likeness (QED) is 0.760. The molecule has 0 saturated heterocycles. The molecule has 0 radical (unpaired) electrons. The summed E-state index contributed by atoms with van der Waals surface area (Å²) < 4.78 is 1.80. The number of amides is 1. The highest BCUT2D eigenvalue weighted by atomic mass is 16.3. The van der Waals surface area contributed by atoms with Crippen LogP contribution in [0.4, 0.5) is 0 Å². The molecule has 18 heavy (non-hydrogen) atoms. The van der Waals surface area contributed by atoms with E-state index in [-0.39, 0.29) is 5.91 Å². The fraction of sp³-hybridized carbons (Fsp3) is 0.692. The summed E-state index contributed by atoms with van der Waals surface area (Å²) in [6, 6.07) is 0. The third-order valence-electron chi connectivity index (χ3n) is 3.12. The lowest BCUT2D eigenvalue weighted by atomic mass is 10.1. The van der Waals surface area contributed by atoms with Gasteiger partial charge in [0.15, 0.2) is 0 Å². The Bertz CT molecular complexity index is 388. The van der Waals surface area contributed by atoms with E-state index in [2.05, 4.69) is 10.4 Å². The standard InChI is InChI=1S/C13H23N3O2/c1-4-5-12(17)9-14-13(18)7-6-11-8-15-16(3)10(11)2/h8,12,17H,4-7,9H2,1-3H3,(H,14,18). The molecular weight excluding hydrogens is 230 g/mol. The monoisotopic (exact) mass is 253 g/mol. The van der Waals surface area contributed by atoms with Crippen LogP contribution in [0.3, 0.4) is 0 Å². The Kier molecular flexibility index (Phi) is 5.85. The predicted octanol–water partition coefficient (Wildman–Crippen LogP) is 0.938. The average molecular weight is 253 g/mol. The van der Waals surface area contributed by atoms with E-state index in [0.29, 0.717) is 19.4 Å². The van der Waals surface area contributed by atoms with Crippen molar-refractivity contribution in [3.63, 3.8) is 0 Å². The lowest BCUT2D eigenvalue weighted by Gasteiger charge is -2.10. The number of nitrogens with one attached hydrogen (secondary N) is 1. The number of hydrogen-bond donors (Lipinski definition) is 2. The van der Waals surface area contributed by atoms with Crippen LogP contribution in [0.25, 0.3) is 0 Å². The molecule has 1 amide bonds. The first kappa shape index (κ1) is 14.7. The van der Waals surface area contributed by atoms with Crippen molar-refractivity contribution >= 4 is 5.91 Å². The largest absolute Gasteiger partial charge is 0.391 e. The molecule has 0 aromatic carbocycles. The van der Waals surface area contributed by atoms with Crippen molar-refractivity contribution in [1.82, 2.24) is 15.1 Å². The van der Waals surface area contributed by atoms with Crippen molar-refractivity contribution in [2.75, 3.05) is 6.54 Å². The molecule has 1 unspecified atom stereocenters. The molecule has 0 bridgehead atoms. The Labute approximate surface area is 108 Å². The van der Waals surface area contributed by atoms with Crippen molar-refractivity contribution in [3.8, 4) is 0 Å². The number of aryl methyl sites for hydroxylation is 2. The molecule has 0 aliphatic rings. The highest BCUT2D eigenvalue weighted by molar-refractivity contribution is 5.76. The smallest absolute Gasteiger partial charge is 0.220 e. The Hall–Kier alpha value is -1.36. The van der Waals surface area contributed by atoms with Gasteiger partial charge in [-0.25, -0.2) is 0 Å². The predicted molar refractivity (Wildman–Crippen MR) is 70.2 cm³/mol. The second-order valence-corrected chi connectivity index (χ2v) is 4.63. The Morgan fingerprint density at radius 1 is 1.61 bits per heavy atom. The van der Waals surface area contributed by atoms with E-state index < -0.39 is 6.10 Å². The fourth-order valence-corrected chi connectivity index (χ4v) is 1.79. The van der Waals surface area contributed by atoms with Crippen LogP contribution in [0.15, 0.2) is 6.20 Å². The summed E-state index contributed by atoms with van der Waals surface area (Å²) >= 11 is 0. The van der Waals surface area contributed by atoms with E-state index in [0.717, 1.165) is 24.1 Å². The van der Waals surface area contributed by atoms with Crippen molar-refractivity contribution < 1.29 is 9.90 Å². The van der Waals surface area contributed by atoms with Gasteiger partial charge < -0.3 is 10.4 Å². The molecule has 5 heteroatoms. The van der Waals surface area contributed by atoms with Crippen LogP contribution >= 0.6 is 0 Å². The second kappa shape index (κ2) is 7.16. The molecule has 0 aliphatic carbocycles. The number of aliphatic hydroxyl groups excluding tert-OH is 1. The van der Waals surface area contributed by atoms with Gasteiger partial charge in [0.05, 0.1) is 12.3 Å². The number of carbonyl (C=O) groups is 1. The van der Waals surface area contributed by atoms with E-state index in [1.54, 1.807) is 10.9 Å². The van der Waals surface area contributed by atoms with Gasteiger partial charge in [0.1, 0.15) is 0 Å². The molecule has 1 aromatic rings. The zero-order valence-electron chi connectivity index (χ0n) is 11.4. The van der Waals surface area contributed by atoms with Gasteiger partial charge in [-0.05, 0) is 25.3 Å². The SMILES string of the molecule is CCCC(O)CNC(=O)CCc1cnn(C)c1C. The van der Waals surface area contributed by atoms with Gasteiger partial charge in [-0.2, -0.15) is 5.10 Å². The van der Waals surface area contributed by atoms with Gasteiger partial charge in [0.25, 0.3) is 0 Å².